The summed E-state index contributed by atoms with van der Waals surface area (Å²) in [7, 11) is 2.23. The van der Waals surface area contributed by atoms with Gasteiger partial charge < -0.3 is 19.9 Å². The molecule has 1 aliphatic heterocycles. The van der Waals surface area contributed by atoms with E-state index in [1.54, 1.807) is 4.90 Å². The predicted molar refractivity (Wildman–Crippen MR) is 115 cm³/mol. The molecule has 2 aromatic rings. The van der Waals surface area contributed by atoms with E-state index in [-0.39, 0.29) is 5.91 Å². The van der Waals surface area contributed by atoms with Crippen LogP contribution < -0.4 is 19.9 Å². The zero-order valence-corrected chi connectivity index (χ0v) is 17.4. The molecule has 2 aromatic carbocycles. The Morgan fingerprint density at radius 1 is 1.18 bits per heavy atom. The van der Waals surface area contributed by atoms with Crippen LogP contribution in [0.5, 0.6) is 5.75 Å². The fourth-order valence-corrected chi connectivity index (χ4v) is 3.54. The number of amides is 1. The van der Waals surface area contributed by atoms with Crippen molar-refractivity contribution in [2.75, 3.05) is 50.1 Å². The van der Waals surface area contributed by atoms with E-state index in [2.05, 4.69) is 29.4 Å². The number of carbonyl (C=O) groups excluding carboxylic acids is 1. The second-order valence-electron chi connectivity index (χ2n) is 7.40. The Morgan fingerprint density at radius 3 is 2.57 bits per heavy atom. The number of nitrogens with zero attached hydrogens (tertiary/aromatic N) is 1. The molecule has 0 atom stereocenters. The van der Waals surface area contributed by atoms with Crippen LogP contribution in [0, 0.1) is 6.92 Å². The van der Waals surface area contributed by atoms with Crippen LogP contribution in [0.15, 0.2) is 42.5 Å². The van der Waals surface area contributed by atoms with Crippen LogP contribution in [0.2, 0.25) is 5.02 Å². The van der Waals surface area contributed by atoms with Crippen molar-refractivity contribution < 1.29 is 14.4 Å². The van der Waals surface area contributed by atoms with Crippen LogP contribution in [0.1, 0.15) is 18.4 Å². The minimum absolute atomic E-state index is 0.00683. The zero-order valence-electron chi connectivity index (χ0n) is 16.6. The molecule has 1 saturated heterocycles. The summed E-state index contributed by atoms with van der Waals surface area (Å²) in [5, 5.41) is 3.66. The van der Waals surface area contributed by atoms with Gasteiger partial charge in [-0.15, -0.1) is 0 Å². The summed E-state index contributed by atoms with van der Waals surface area (Å²) in [6.45, 7) is 6.93. The molecule has 5 nitrogen and oxygen atoms in total. The van der Waals surface area contributed by atoms with Crippen molar-refractivity contribution in [3.63, 3.8) is 0 Å². The van der Waals surface area contributed by atoms with Gasteiger partial charge in [0.1, 0.15) is 5.75 Å². The third-order valence-corrected chi connectivity index (χ3v) is 5.31. The molecule has 1 aliphatic rings. The molecule has 2 N–H and O–H groups in total. The summed E-state index contributed by atoms with van der Waals surface area (Å²) in [5.74, 6) is 0.818. The Labute approximate surface area is 172 Å². The molecular weight excluding hydrogens is 374 g/mol. The second-order valence-corrected chi connectivity index (χ2v) is 7.84. The van der Waals surface area contributed by atoms with Gasteiger partial charge in [0.2, 0.25) is 5.91 Å². The highest BCUT2D eigenvalue weighted by Gasteiger charge is 2.16. The molecule has 1 fully saturated rings. The number of piperazine rings is 1. The van der Waals surface area contributed by atoms with E-state index in [0.717, 1.165) is 43.2 Å². The lowest BCUT2D eigenvalue weighted by atomic mass is 10.2. The Bertz CT molecular complexity index is 787. The molecule has 0 unspecified atom stereocenters. The van der Waals surface area contributed by atoms with E-state index in [1.807, 2.05) is 37.3 Å². The Balaban J connectivity index is 1.39. The lowest BCUT2D eigenvalue weighted by molar-refractivity contribution is -0.880. The van der Waals surface area contributed by atoms with Gasteiger partial charge in [0.25, 0.3) is 0 Å². The molecule has 1 heterocycles. The number of ether oxygens (including phenoxy) is 1. The average molecular weight is 403 g/mol. The number of hydrogen-bond acceptors (Lipinski definition) is 3. The lowest BCUT2D eigenvalue weighted by Gasteiger charge is -2.31. The van der Waals surface area contributed by atoms with Crippen molar-refractivity contribution in [2.45, 2.75) is 19.8 Å². The summed E-state index contributed by atoms with van der Waals surface area (Å²) in [4.78, 5) is 16.1. The van der Waals surface area contributed by atoms with Crippen molar-refractivity contribution in [2.24, 2.45) is 0 Å². The van der Waals surface area contributed by atoms with Gasteiger partial charge in [-0.05, 0) is 61.4 Å². The number of carbonyl (C=O) groups is 1. The molecule has 150 valence electrons. The maximum Gasteiger partial charge on any atom is 0.224 e. The monoisotopic (exact) mass is 402 g/mol. The fraction of sp³-hybridized carbons (Fsp3) is 0.409. The molecule has 1 amide bonds. The Morgan fingerprint density at radius 2 is 1.89 bits per heavy atom. The summed E-state index contributed by atoms with van der Waals surface area (Å²) < 4.78 is 5.74. The first-order valence-corrected chi connectivity index (χ1v) is 10.2. The van der Waals surface area contributed by atoms with Crippen LogP contribution in [0.3, 0.4) is 0 Å². The van der Waals surface area contributed by atoms with Crippen LogP contribution in [0.4, 0.5) is 11.4 Å². The van der Waals surface area contributed by atoms with Crippen molar-refractivity contribution in [3.8, 4) is 5.75 Å². The summed E-state index contributed by atoms with van der Waals surface area (Å²) in [6.07, 6.45) is 1.09. The minimum Gasteiger partial charge on any atom is -0.493 e. The molecule has 3 rings (SSSR count). The van der Waals surface area contributed by atoms with Gasteiger partial charge in [-0.2, -0.15) is 0 Å². The molecule has 0 spiro atoms. The van der Waals surface area contributed by atoms with Gasteiger partial charge in [0.05, 0.1) is 39.8 Å². The highest BCUT2D eigenvalue weighted by atomic mass is 35.5. The number of nitrogens with one attached hydrogen (secondary N) is 2. The van der Waals surface area contributed by atoms with E-state index >= 15 is 0 Å². The predicted octanol–water partition coefficient (Wildman–Crippen LogP) is 2.78. The third-order valence-electron chi connectivity index (χ3n) is 5.08. The van der Waals surface area contributed by atoms with Crippen molar-refractivity contribution in [1.82, 2.24) is 0 Å². The maximum atomic E-state index is 12.2. The SMILES string of the molecule is Cc1cc(Cl)ccc1OCCCC(=O)Nc1ccc(N2CC[NH+](C)CC2)cc1. The number of aryl methyl sites for hydroxylation is 1. The van der Waals surface area contributed by atoms with Crippen LogP contribution >= 0.6 is 11.6 Å². The normalized spacial score (nSPS) is 14.8. The van der Waals surface area contributed by atoms with Gasteiger partial charge in [-0.3, -0.25) is 4.79 Å². The van der Waals surface area contributed by atoms with E-state index in [1.165, 1.54) is 5.69 Å². The first kappa shape index (κ1) is 20.5. The summed E-state index contributed by atoms with van der Waals surface area (Å²) in [6, 6.07) is 13.7. The lowest BCUT2D eigenvalue weighted by Crippen LogP contribution is -3.12. The second kappa shape index (κ2) is 9.80. The van der Waals surface area contributed by atoms with Crippen molar-refractivity contribution in [1.29, 1.82) is 0 Å². The molecule has 6 heteroatoms. The molecule has 28 heavy (non-hydrogen) atoms. The van der Waals surface area contributed by atoms with Gasteiger partial charge in [0.15, 0.2) is 0 Å². The molecule has 0 aromatic heterocycles. The van der Waals surface area contributed by atoms with E-state index in [0.29, 0.717) is 24.5 Å². The van der Waals surface area contributed by atoms with Crippen molar-refractivity contribution >= 4 is 28.9 Å². The number of quaternary nitrogens is 1. The van der Waals surface area contributed by atoms with Gasteiger partial charge in [-0.1, -0.05) is 11.6 Å². The van der Waals surface area contributed by atoms with Gasteiger partial charge in [-0.25, -0.2) is 0 Å². The number of likely N-dealkylation sites (N-methyl/N-ethyl adjacent to an activating group) is 1. The first-order valence-electron chi connectivity index (χ1n) is 9.86. The highest BCUT2D eigenvalue weighted by Crippen LogP contribution is 2.22. The van der Waals surface area contributed by atoms with Crippen LogP contribution in [-0.2, 0) is 4.79 Å². The van der Waals surface area contributed by atoms with Crippen LogP contribution in [0.25, 0.3) is 0 Å². The minimum atomic E-state index is 0.00683. The standard InChI is InChI=1S/C22H28ClN3O2/c1-17-16-18(23)5-10-21(17)28-15-3-4-22(27)24-19-6-8-20(9-7-19)26-13-11-25(2)12-14-26/h5-10,16H,3-4,11-15H2,1-2H3,(H,24,27)/p+1. The summed E-state index contributed by atoms with van der Waals surface area (Å²) in [5.41, 5.74) is 3.05. The largest absolute Gasteiger partial charge is 0.493 e. The molecule has 0 bridgehead atoms. The topological polar surface area (TPSA) is 46.0 Å². The third kappa shape index (κ3) is 5.88. The number of halogens is 1. The van der Waals surface area contributed by atoms with Crippen LogP contribution in [-0.4, -0.2) is 45.7 Å². The smallest absolute Gasteiger partial charge is 0.224 e. The Kier molecular flexibility index (Phi) is 7.18. The Hall–Kier alpha value is -2.24. The average Bonchev–Trinajstić information content (AvgIpc) is 2.68. The molecule has 0 radical (unpaired) electrons. The molecular formula is C22H29ClN3O2+. The number of anilines is 2. The molecule has 0 aliphatic carbocycles. The number of benzene rings is 2. The zero-order chi connectivity index (χ0) is 19.9. The molecule has 0 saturated carbocycles. The first-order chi connectivity index (χ1) is 13.5. The van der Waals surface area contributed by atoms with E-state index < -0.39 is 0 Å². The highest BCUT2D eigenvalue weighted by molar-refractivity contribution is 6.30. The van der Waals surface area contributed by atoms with Crippen molar-refractivity contribution in [3.05, 3.63) is 53.1 Å². The maximum absolute atomic E-state index is 12.2. The number of rotatable bonds is 7. The summed E-state index contributed by atoms with van der Waals surface area (Å²) >= 11 is 5.94. The number of hydrogen-bond donors (Lipinski definition) is 2. The van der Waals surface area contributed by atoms with E-state index in [4.69, 9.17) is 16.3 Å². The quantitative estimate of drug-likeness (QED) is 0.700. The van der Waals surface area contributed by atoms with E-state index in [9.17, 15) is 4.79 Å². The van der Waals surface area contributed by atoms with Gasteiger partial charge in [0, 0.05) is 22.8 Å². The van der Waals surface area contributed by atoms with Gasteiger partial charge >= 0.3 is 0 Å². The fourth-order valence-electron chi connectivity index (χ4n) is 3.32.